The number of carbonyl (C=O) groups excluding carboxylic acids is 1. The first kappa shape index (κ1) is 19.7. The maximum absolute atomic E-state index is 12.4. The number of nitrogens with one attached hydrogen (secondary N) is 3. The predicted molar refractivity (Wildman–Crippen MR) is 108 cm³/mol. The standard InChI is InChI=1S/C17H19N5O5S2/c1-9(15(23)18-11-2-3-12-13(7-11)20-16(24)19-12)28-17-22-21-14(27-17)6-10-4-5-29(25,26)8-10/h2-3,7,9-10H,4-6,8H2,1H3,(H,18,23)(H2,19,20,24)/t9-,10+/m0/s1. The van der Waals surface area contributed by atoms with Gasteiger partial charge in [0.1, 0.15) is 0 Å². The van der Waals surface area contributed by atoms with Gasteiger partial charge in [0, 0.05) is 12.1 Å². The number of hydrogen-bond donors (Lipinski definition) is 3. The summed E-state index contributed by atoms with van der Waals surface area (Å²) in [6, 6.07) is 5.07. The Kier molecular flexibility index (Phi) is 5.21. The van der Waals surface area contributed by atoms with Crippen LogP contribution in [0.1, 0.15) is 19.2 Å². The Bertz CT molecular complexity index is 1210. The lowest BCUT2D eigenvalue weighted by Crippen LogP contribution is -2.22. The average Bonchev–Trinajstić information content (AvgIpc) is 3.33. The van der Waals surface area contributed by atoms with Crippen LogP contribution in [0.5, 0.6) is 0 Å². The lowest BCUT2D eigenvalue weighted by Gasteiger charge is -2.10. The minimum absolute atomic E-state index is 0.00573. The molecule has 3 heterocycles. The third-order valence-corrected chi connectivity index (χ3v) is 7.44. The zero-order valence-corrected chi connectivity index (χ0v) is 17.1. The van der Waals surface area contributed by atoms with Gasteiger partial charge >= 0.3 is 5.69 Å². The summed E-state index contributed by atoms with van der Waals surface area (Å²) in [6.07, 6.45) is 1.02. The summed E-state index contributed by atoms with van der Waals surface area (Å²) < 4.78 is 28.7. The van der Waals surface area contributed by atoms with Crippen LogP contribution in [0.3, 0.4) is 0 Å². The van der Waals surface area contributed by atoms with E-state index >= 15 is 0 Å². The fraction of sp³-hybridized carbons (Fsp3) is 0.412. The van der Waals surface area contributed by atoms with E-state index in [-0.39, 0.29) is 34.2 Å². The number of rotatable bonds is 6. The molecule has 4 rings (SSSR count). The Morgan fingerprint density at radius 2 is 2.14 bits per heavy atom. The smallest absolute Gasteiger partial charge is 0.323 e. The summed E-state index contributed by atoms with van der Waals surface area (Å²) in [6.45, 7) is 1.71. The number of H-pyrrole nitrogens is 2. The quantitative estimate of drug-likeness (QED) is 0.489. The molecule has 2 aromatic heterocycles. The van der Waals surface area contributed by atoms with Crippen molar-refractivity contribution in [1.29, 1.82) is 0 Å². The summed E-state index contributed by atoms with van der Waals surface area (Å²) in [5.41, 5.74) is 1.50. The van der Waals surface area contributed by atoms with E-state index in [1.165, 1.54) is 0 Å². The van der Waals surface area contributed by atoms with E-state index < -0.39 is 15.1 Å². The predicted octanol–water partition coefficient (Wildman–Crippen LogP) is 1.34. The number of benzene rings is 1. The topological polar surface area (TPSA) is 151 Å². The number of amides is 1. The molecule has 154 valence electrons. The molecule has 12 heteroatoms. The molecule has 0 saturated carbocycles. The molecule has 1 fully saturated rings. The van der Waals surface area contributed by atoms with E-state index in [9.17, 15) is 18.0 Å². The number of imidazole rings is 1. The molecule has 1 amide bonds. The Balaban J connectivity index is 1.34. The van der Waals surface area contributed by atoms with Crippen molar-refractivity contribution in [3.8, 4) is 0 Å². The van der Waals surface area contributed by atoms with E-state index in [0.29, 0.717) is 35.5 Å². The summed E-state index contributed by atoms with van der Waals surface area (Å²) >= 11 is 1.12. The number of carbonyl (C=O) groups is 1. The van der Waals surface area contributed by atoms with Gasteiger partial charge in [-0.05, 0) is 37.5 Å². The van der Waals surface area contributed by atoms with Crippen LogP contribution in [0.15, 0.2) is 32.6 Å². The molecule has 1 aromatic carbocycles. The number of aromatic amines is 2. The monoisotopic (exact) mass is 437 g/mol. The Labute approximate surface area is 169 Å². The zero-order chi connectivity index (χ0) is 20.6. The van der Waals surface area contributed by atoms with E-state index in [4.69, 9.17) is 4.42 Å². The maximum Gasteiger partial charge on any atom is 0.323 e. The van der Waals surface area contributed by atoms with E-state index in [0.717, 1.165) is 11.8 Å². The second kappa shape index (κ2) is 7.67. The van der Waals surface area contributed by atoms with Gasteiger partial charge in [-0.1, -0.05) is 11.8 Å². The first-order valence-electron chi connectivity index (χ1n) is 9.00. The lowest BCUT2D eigenvalue weighted by molar-refractivity contribution is -0.115. The van der Waals surface area contributed by atoms with E-state index in [2.05, 4.69) is 25.5 Å². The third kappa shape index (κ3) is 4.70. The summed E-state index contributed by atoms with van der Waals surface area (Å²) in [4.78, 5) is 29.0. The number of fused-ring (bicyclic) bond motifs is 1. The fourth-order valence-corrected chi connectivity index (χ4v) is 5.77. The van der Waals surface area contributed by atoms with Crippen molar-refractivity contribution in [2.45, 2.75) is 30.2 Å². The molecule has 1 saturated heterocycles. The molecule has 2 atom stereocenters. The highest BCUT2D eigenvalue weighted by Gasteiger charge is 2.29. The van der Waals surface area contributed by atoms with Gasteiger partial charge < -0.3 is 19.7 Å². The van der Waals surface area contributed by atoms with Crippen molar-refractivity contribution in [3.63, 3.8) is 0 Å². The van der Waals surface area contributed by atoms with Gasteiger partial charge in [-0.15, -0.1) is 10.2 Å². The molecule has 10 nitrogen and oxygen atoms in total. The van der Waals surface area contributed by atoms with Gasteiger partial charge in [0.2, 0.25) is 11.8 Å². The van der Waals surface area contributed by atoms with Gasteiger partial charge in [-0.25, -0.2) is 13.2 Å². The Hall–Kier alpha value is -2.60. The highest BCUT2D eigenvalue weighted by atomic mass is 32.2. The van der Waals surface area contributed by atoms with E-state index in [1.54, 1.807) is 25.1 Å². The maximum atomic E-state index is 12.4. The number of thioether (sulfide) groups is 1. The molecule has 0 spiro atoms. The van der Waals surface area contributed by atoms with Gasteiger partial charge in [-0.2, -0.15) is 0 Å². The zero-order valence-electron chi connectivity index (χ0n) is 15.5. The highest BCUT2D eigenvalue weighted by molar-refractivity contribution is 8.00. The molecular weight excluding hydrogens is 418 g/mol. The number of sulfone groups is 1. The highest BCUT2D eigenvalue weighted by Crippen LogP contribution is 2.26. The molecule has 0 bridgehead atoms. The molecule has 1 aliphatic heterocycles. The van der Waals surface area contributed by atoms with Crippen LogP contribution in [0.2, 0.25) is 0 Å². The van der Waals surface area contributed by atoms with Crippen LogP contribution >= 0.6 is 11.8 Å². The summed E-state index contributed by atoms with van der Waals surface area (Å²) in [5.74, 6) is 0.465. The van der Waals surface area contributed by atoms with Gasteiger partial charge in [0.25, 0.3) is 5.22 Å². The van der Waals surface area contributed by atoms with Crippen LogP contribution in [0.25, 0.3) is 11.0 Å². The normalized spacial score (nSPS) is 19.4. The minimum Gasteiger partial charge on any atom is -0.416 e. The first-order chi connectivity index (χ1) is 13.8. The molecular formula is C17H19N5O5S2. The van der Waals surface area contributed by atoms with Crippen LogP contribution in [0.4, 0.5) is 5.69 Å². The van der Waals surface area contributed by atoms with Crippen molar-refractivity contribution in [2.24, 2.45) is 5.92 Å². The summed E-state index contributed by atoms with van der Waals surface area (Å²) in [7, 11) is -2.95. The van der Waals surface area contributed by atoms with Crippen LogP contribution in [-0.2, 0) is 21.1 Å². The average molecular weight is 438 g/mol. The minimum atomic E-state index is -2.95. The van der Waals surface area contributed by atoms with Gasteiger partial charge in [0.05, 0.1) is 27.8 Å². The van der Waals surface area contributed by atoms with Crippen molar-refractivity contribution >= 4 is 44.2 Å². The molecule has 0 aliphatic carbocycles. The van der Waals surface area contributed by atoms with Crippen molar-refractivity contribution in [3.05, 3.63) is 34.6 Å². The van der Waals surface area contributed by atoms with Gasteiger partial charge in [-0.3, -0.25) is 4.79 Å². The largest absolute Gasteiger partial charge is 0.416 e. The second-order valence-corrected chi connectivity index (χ2v) is 10.5. The lowest BCUT2D eigenvalue weighted by atomic mass is 10.1. The van der Waals surface area contributed by atoms with Crippen LogP contribution in [-0.4, -0.2) is 51.2 Å². The van der Waals surface area contributed by atoms with Crippen LogP contribution in [0, 0.1) is 5.92 Å². The fourth-order valence-electron chi connectivity index (χ4n) is 3.21. The number of anilines is 1. The molecule has 3 aromatic rings. The molecule has 1 aliphatic rings. The Morgan fingerprint density at radius 1 is 1.34 bits per heavy atom. The molecule has 0 unspecified atom stereocenters. The third-order valence-electron chi connectivity index (χ3n) is 4.67. The molecule has 3 N–H and O–H groups in total. The van der Waals surface area contributed by atoms with Gasteiger partial charge in [0.15, 0.2) is 9.84 Å². The molecule has 29 heavy (non-hydrogen) atoms. The molecule has 0 radical (unpaired) electrons. The number of hydrogen-bond acceptors (Lipinski definition) is 8. The number of nitrogens with zero attached hydrogens (tertiary/aromatic N) is 2. The Morgan fingerprint density at radius 3 is 2.90 bits per heavy atom. The van der Waals surface area contributed by atoms with Crippen molar-refractivity contribution < 1.29 is 17.6 Å². The summed E-state index contributed by atoms with van der Waals surface area (Å²) in [5, 5.41) is 10.4. The first-order valence-corrected chi connectivity index (χ1v) is 11.7. The van der Waals surface area contributed by atoms with Crippen LogP contribution < -0.4 is 11.0 Å². The second-order valence-electron chi connectivity index (χ2n) is 7.02. The SMILES string of the molecule is C[C@H](Sc1nnc(C[C@H]2CCS(=O)(=O)C2)o1)C(=O)Nc1ccc2[nH]c(=O)[nH]c2c1. The van der Waals surface area contributed by atoms with E-state index in [1.807, 2.05) is 0 Å². The van der Waals surface area contributed by atoms with Crippen molar-refractivity contribution in [1.82, 2.24) is 20.2 Å². The van der Waals surface area contributed by atoms with Crippen molar-refractivity contribution in [2.75, 3.05) is 16.8 Å². The number of aromatic nitrogens is 4.